The number of ether oxygens (including phenoxy) is 1. The summed E-state index contributed by atoms with van der Waals surface area (Å²) in [6.45, 7) is 3.94. The molecule has 0 saturated carbocycles. The molecule has 0 bridgehead atoms. The topological polar surface area (TPSA) is 69.4 Å². The van der Waals surface area contributed by atoms with Gasteiger partial charge in [-0.05, 0) is 49.2 Å². The molecule has 0 aliphatic rings. The molecule has 0 heterocycles. The fourth-order valence-corrected chi connectivity index (χ4v) is 2.88. The number of benzene rings is 2. The van der Waals surface area contributed by atoms with Crippen molar-refractivity contribution in [3.63, 3.8) is 0 Å². The van der Waals surface area contributed by atoms with E-state index in [2.05, 4.69) is 0 Å². The molecule has 0 aliphatic carbocycles. The Morgan fingerprint density at radius 2 is 1.65 bits per heavy atom. The minimum atomic E-state index is -3.37. The van der Waals surface area contributed by atoms with Crippen LogP contribution in [0.2, 0.25) is 0 Å². The average Bonchev–Trinajstić information content (AvgIpc) is 2.29. The number of nitrogen functional groups attached to an aromatic ring is 1. The molecule has 2 aromatic carbocycles. The SMILES string of the molecule is Cc1cc(C)cc(Oc2cccc(S(C)(=O)=O)c2N)c1. The van der Waals surface area contributed by atoms with Gasteiger partial charge in [0.05, 0.1) is 10.6 Å². The number of para-hydroxylation sites is 1. The van der Waals surface area contributed by atoms with Crippen LogP contribution < -0.4 is 10.5 Å². The second-order valence-corrected chi connectivity index (χ2v) is 6.85. The van der Waals surface area contributed by atoms with Crippen LogP contribution in [0.4, 0.5) is 5.69 Å². The summed E-state index contributed by atoms with van der Waals surface area (Å²) in [6, 6.07) is 10.5. The average molecular weight is 291 g/mol. The lowest BCUT2D eigenvalue weighted by Gasteiger charge is -2.12. The van der Waals surface area contributed by atoms with Gasteiger partial charge in [0.1, 0.15) is 5.75 Å². The quantitative estimate of drug-likeness (QED) is 0.882. The minimum absolute atomic E-state index is 0.0828. The molecule has 2 aromatic rings. The highest BCUT2D eigenvalue weighted by atomic mass is 32.2. The fourth-order valence-electron chi connectivity index (χ4n) is 2.06. The number of nitrogens with two attached hydrogens (primary N) is 1. The third-order valence-corrected chi connectivity index (χ3v) is 4.00. The Bertz CT molecular complexity index is 731. The van der Waals surface area contributed by atoms with Crippen molar-refractivity contribution in [2.45, 2.75) is 18.7 Å². The Hall–Kier alpha value is -2.01. The number of anilines is 1. The molecule has 0 unspecified atom stereocenters. The summed E-state index contributed by atoms with van der Waals surface area (Å²) in [5.74, 6) is 0.984. The van der Waals surface area contributed by atoms with Crippen molar-refractivity contribution in [3.05, 3.63) is 47.5 Å². The molecule has 20 heavy (non-hydrogen) atoms. The van der Waals surface area contributed by atoms with Gasteiger partial charge < -0.3 is 10.5 Å². The van der Waals surface area contributed by atoms with E-state index in [-0.39, 0.29) is 10.6 Å². The maximum absolute atomic E-state index is 11.6. The zero-order chi connectivity index (χ0) is 14.9. The van der Waals surface area contributed by atoms with Crippen molar-refractivity contribution in [1.82, 2.24) is 0 Å². The van der Waals surface area contributed by atoms with E-state index < -0.39 is 9.84 Å². The number of hydrogen-bond donors (Lipinski definition) is 1. The Morgan fingerprint density at radius 1 is 1.05 bits per heavy atom. The van der Waals surface area contributed by atoms with Crippen molar-refractivity contribution < 1.29 is 13.2 Å². The predicted octanol–water partition coefficient (Wildman–Crippen LogP) is 3.08. The molecule has 0 aromatic heterocycles. The minimum Gasteiger partial charge on any atom is -0.455 e. The second kappa shape index (κ2) is 5.17. The normalized spacial score (nSPS) is 11.3. The molecule has 0 spiro atoms. The van der Waals surface area contributed by atoms with Crippen LogP contribution in [0.25, 0.3) is 0 Å². The van der Waals surface area contributed by atoms with Crippen molar-refractivity contribution >= 4 is 15.5 Å². The Morgan fingerprint density at radius 3 is 2.20 bits per heavy atom. The molecule has 0 saturated heterocycles. The zero-order valence-corrected chi connectivity index (χ0v) is 12.5. The third kappa shape index (κ3) is 3.11. The van der Waals surface area contributed by atoms with Gasteiger partial charge >= 0.3 is 0 Å². The Kier molecular flexibility index (Phi) is 3.72. The summed E-state index contributed by atoms with van der Waals surface area (Å²) in [5, 5.41) is 0. The molecule has 0 atom stereocenters. The molecule has 2 N–H and O–H groups in total. The van der Waals surface area contributed by atoms with E-state index in [0.29, 0.717) is 11.5 Å². The Labute approximate surface area is 119 Å². The van der Waals surface area contributed by atoms with E-state index in [1.165, 1.54) is 6.07 Å². The van der Waals surface area contributed by atoms with Crippen molar-refractivity contribution in [2.24, 2.45) is 0 Å². The largest absolute Gasteiger partial charge is 0.455 e. The van der Waals surface area contributed by atoms with Crippen molar-refractivity contribution in [3.8, 4) is 11.5 Å². The lowest BCUT2D eigenvalue weighted by atomic mass is 10.1. The highest BCUT2D eigenvalue weighted by Crippen LogP contribution is 2.32. The van der Waals surface area contributed by atoms with E-state index >= 15 is 0 Å². The molecule has 5 heteroatoms. The summed E-state index contributed by atoms with van der Waals surface area (Å²) in [7, 11) is -3.37. The number of sulfone groups is 1. The summed E-state index contributed by atoms with van der Waals surface area (Å²) in [4.78, 5) is 0.0828. The molecular formula is C15H17NO3S. The van der Waals surface area contributed by atoms with E-state index in [9.17, 15) is 8.42 Å². The van der Waals surface area contributed by atoms with Gasteiger partial charge in [-0.3, -0.25) is 0 Å². The number of hydrogen-bond acceptors (Lipinski definition) is 4. The molecule has 0 fully saturated rings. The van der Waals surface area contributed by atoms with Crippen molar-refractivity contribution in [2.75, 3.05) is 12.0 Å². The van der Waals surface area contributed by atoms with Crippen LogP contribution in [0.5, 0.6) is 11.5 Å². The molecule has 106 valence electrons. The van der Waals surface area contributed by atoms with Gasteiger partial charge in [0.15, 0.2) is 15.6 Å². The summed E-state index contributed by atoms with van der Waals surface area (Å²) in [5.41, 5.74) is 8.16. The van der Waals surface area contributed by atoms with Crippen molar-refractivity contribution in [1.29, 1.82) is 0 Å². The number of aryl methyl sites for hydroxylation is 2. The lowest BCUT2D eigenvalue weighted by molar-refractivity contribution is 0.482. The summed E-state index contributed by atoms with van der Waals surface area (Å²) >= 11 is 0. The van der Waals surface area contributed by atoms with Crippen LogP contribution in [0.1, 0.15) is 11.1 Å². The van der Waals surface area contributed by atoms with Gasteiger partial charge in [0.25, 0.3) is 0 Å². The van der Waals surface area contributed by atoms with Crippen LogP contribution in [-0.4, -0.2) is 14.7 Å². The highest BCUT2D eigenvalue weighted by molar-refractivity contribution is 7.90. The summed E-state index contributed by atoms with van der Waals surface area (Å²) in [6.07, 6.45) is 1.12. The number of rotatable bonds is 3. The highest BCUT2D eigenvalue weighted by Gasteiger charge is 2.15. The zero-order valence-electron chi connectivity index (χ0n) is 11.7. The first-order chi connectivity index (χ1) is 9.27. The van der Waals surface area contributed by atoms with Gasteiger partial charge in [0.2, 0.25) is 0 Å². The maximum Gasteiger partial charge on any atom is 0.177 e. The maximum atomic E-state index is 11.6. The Balaban J connectivity index is 2.44. The standard InChI is InChI=1S/C15H17NO3S/c1-10-7-11(2)9-12(8-10)19-13-5-4-6-14(15(13)16)20(3,17)18/h4-9H,16H2,1-3H3. The molecule has 0 amide bonds. The first-order valence-corrected chi connectivity index (χ1v) is 8.01. The van der Waals surface area contributed by atoms with Gasteiger partial charge in [-0.15, -0.1) is 0 Å². The van der Waals surface area contributed by atoms with E-state index in [4.69, 9.17) is 10.5 Å². The van der Waals surface area contributed by atoms with E-state index in [1.807, 2.05) is 32.0 Å². The van der Waals surface area contributed by atoms with Crippen LogP contribution >= 0.6 is 0 Å². The second-order valence-electron chi connectivity index (χ2n) is 4.87. The molecule has 2 rings (SSSR count). The van der Waals surface area contributed by atoms with Crippen LogP contribution in [0.15, 0.2) is 41.3 Å². The van der Waals surface area contributed by atoms with Gasteiger partial charge in [0, 0.05) is 6.26 Å². The first-order valence-electron chi connectivity index (χ1n) is 6.12. The van der Waals surface area contributed by atoms with Gasteiger partial charge in [-0.1, -0.05) is 12.1 Å². The third-order valence-electron chi connectivity index (χ3n) is 2.85. The molecule has 0 aliphatic heterocycles. The van der Waals surface area contributed by atoms with Crippen LogP contribution in [0.3, 0.4) is 0 Å². The molecule has 4 nitrogen and oxygen atoms in total. The van der Waals surface area contributed by atoms with Crippen LogP contribution in [0, 0.1) is 13.8 Å². The van der Waals surface area contributed by atoms with Gasteiger partial charge in [-0.25, -0.2) is 8.42 Å². The fraction of sp³-hybridized carbons (Fsp3) is 0.200. The molecule has 0 radical (unpaired) electrons. The lowest BCUT2D eigenvalue weighted by Crippen LogP contribution is -2.03. The smallest absolute Gasteiger partial charge is 0.177 e. The van der Waals surface area contributed by atoms with E-state index in [0.717, 1.165) is 17.4 Å². The predicted molar refractivity (Wildman–Crippen MR) is 80.0 cm³/mol. The van der Waals surface area contributed by atoms with E-state index in [1.54, 1.807) is 12.1 Å². The summed E-state index contributed by atoms with van der Waals surface area (Å²) < 4.78 is 29.0. The first kappa shape index (κ1) is 14.4. The van der Waals surface area contributed by atoms with Crippen LogP contribution in [-0.2, 0) is 9.84 Å². The van der Waals surface area contributed by atoms with Gasteiger partial charge in [-0.2, -0.15) is 0 Å². The molecular weight excluding hydrogens is 274 g/mol. The monoisotopic (exact) mass is 291 g/mol.